The molecule has 0 radical (unpaired) electrons. The summed E-state index contributed by atoms with van der Waals surface area (Å²) in [6, 6.07) is 9.26. The highest BCUT2D eigenvalue weighted by molar-refractivity contribution is 5.85. The highest BCUT2D eigenvalue weighted by Crippen LogP contribution is 2.21. The van der Waals surface area contributed by atoms with Gasteiger partial charge >= 0.3 is 0 Å². The molecule has 130 valence electrons. The number of nitrogens with one attached hydrogen (secondary N) is 1. The third-order valence-electron chi connectivity index (χ3n) is 4.02. The molecule has 1 aromatic carbocycles. The van der Waals surface area contributed by atoms with E-state index in [1.165, 1.54) is 4.80 Å². The standard InChI is InChI=1S/C16H22N6O.ClH/c1-12(2)14(16(23)21-10-8-17-9-11-21)22-19-15(18-20-22)13-6-4-3-5-7-13;/h3-7,12,14,17H,8-11H2,1-2H3;1H. The minimum Gasteiger partial charge on any atom is -0.338 e. The molecule has 24 heavy (non-hydrogen) atoms. The number of aromatic nitrogens is 4. The van der Waals surface area contributed by atoms with E-state index in [2.05, 4.69) is 20.7 Å². The average Bonchev–Trinajstić information content (AvgIpc) is 3.06. The van der Waals surface area contributed by atoms with Crippen LogP contribution in [0.5, 0.6) is 0 Å². The third kappa shape index (κ3) is 3.91. The molecule has 0 saturated carbocycles. The minimum absolute atomic E-state index is 0. The maximum absolute atomic E-state index is 12.9. The van der Waals surface area contributed by atoms with Gasteiger partial charge in [-0.05, 0) is 11.1 Å². The van der Waals surface area contributed by atoms with Crippen LogP contribution in [-0.2, 0) is 4.79 Å². The fourth-order valence-electron chi connectivity index (χ4n) is 2.77. The lowest BCUT2D eigenvalue weighted by atomic mass is 10.0. The number of amides is 1. The highest BCUT2D eigenvalue weighted by atomic mass is 35.5. The Bertz CT molecular complexity index is 654. The third-order valence-corrected chi connectivity index (χ3v) is 4.02. The summed E-state index contributed by atoms with van der Waals surface area (Å²) < 4.78 is 0. The van der Waals surface area contributed by atoms with Crippen molar-refractivity contribution in [3.05, 3.63) is 30.3 Å². The monoisotopic (exact) mass is 350 g/mol. The SMILES string of the molecule is CC(C)C(C(=O)N1CCNCC1)n1nnc(-c2ccccc2)n1.Cl. The van der Waals surface area contributed by atoms with Crippen LogP contribution >= 0.6 is 12.4 Å². The van der Waals surface area contributed by atoms with E-state index in [0.717, 1.165) is 31.7 Å². The molecule has 1 N–H and O–H groups in total. The normalized spacial score (nSPS) is 15.9. The number of nitrogens with zero attached hydrogens (tertiary/aromatic N) is 5. The summed E-state index contributed by atoms with van der Waals surface area (Å²) in [6.45, 7) is 7.13. The van der Waals surface area contributed by atoms with Gasteiger partial charge in [0, 0.05) is 31.7 Å². The van der Waals surface area contributed by atoms with Crippen molar-refractivity contribution >= 4 is 18.3 Å². The number of piperazine rings is 1. The average molecular weight is 351 g/mol. The lowest BCUT2D eigenvalue weighted by molar-refractivity contribution is -0.137. The van der Waals surface area contributed by atoms with Crippen LogP contribution in [0.1, 0.15) is 19.9 Å². The molecule has 2 heterocycles. The molecular weight excluding hydrogens is 328 g/mol. The Morgan fingerprint density at radius 1 is 1.17 bits per heavy atom. The molecule has 1 aliphatic heterocycles. The molecule has 0 spiro atoms. The topological polar surface area (TPSA) is 75.9 Å². The van der Waals surface area contributed by atoms with Gasteiger partial charge in [0.25, 0.3) is 0 Å². The summed E-state index contributed by atoms with van der Waals surface area (Å²) in [5.41, 5.74) is 0.899. The van der Waals surface area contributed by atoms with E-state index in [4.69, 9.17) is 0 Å². The Labute approximate surface area is 147 Å². The highest BCUT2D eigenvalue weighted by Gasteiger charge is 2.31. The van der Waals surface area contributed by atoms with E-state index in [0.29, 0.717) is 5.82 Å². The second-order valence-electron chi connectivity index (χ2n) is 6.06. The Morgan fingerprint density at radius 3 is 2.46 bits per heavy atom. The number of carbonyl (C=O) groups is 1. The summed E-state index contributed by atoms with van der Waals surface area (Å²) in [5, 5.41) is 16.0. The smallest absolute Gasteiger partial charge is 0.249 e. The maximum atomic E-state index is 12.9. The maximum Gasteiger partial charge on any atom is 0.249 e. The van der Waals surface area contributed by atoms with E-state index in [1.807, 2.05) is 49.1 Å². The van der Waals surface area contributed by atoms with E-state index in [9.17, 15) is 4.79 Å². The number of rotatable bonds is 4. The summed E-state index contributed by atoms with van der Waals surface area (Å²) in [5.74, 6) is 0.707. The Hall–Kier alpha value is -1.99. The van der Waals surface area contributed by atoms with Gasteiger partial charge in [0.05, 0.1) is 0 Å². The lowest BCUT2D eigenvalue weighted by Gasteiger charge is -2.31. The molecule has 1 atom stereocenters. The van der Waals surface area contributed by atoms with Gasteiger partial charge in [-0.2, -0.15) is 4.80 Å². The van der Waals surface area contributed by atoms with E-state index >= 15 is 0 Å². The molecule has 1 saturated heterocycles. The van der Waals surface area contributed by atoms with E-state index in [-0.39, 0.29) is 24.2 Å². The first-order chi connectivity index (χ1) is 11.2. The second kappa shape index (κ2) is 8.21. The van der Waals surface area contributed by atoms with Crippen molar-refractivity contribution in [2.24, 2.45) is 5.92 Å². The Kier molecular flexibility index (Phi) is 6.28. The summed E-state index contributed by atoms with van der Waals surface area (Å²) >= 11 is 0. The predicted octanol–water partition coefficient (Wildman–Crippen LogP) is 1.39. The zero-order valence-corrected chi connectivity index (χ0v) is 14.7. The Morgan fingerprint density at radius 2 is 1.83 bits per heavy atom. The predicted molar refractivity (Wildman–Crippen MR) is 93.8 cm³/mol. The minimum atomic E-state index is -0.418. The first-order valence-corrected chi connectivity index (χ1v) is 8.01. The number of hydrogen-bond acceptors (Lipinski definition) is 5. The molecule has 0 aliphatic carbocycles. The Balaban J connectivity index is 0.00000208. The summed E-state index contributed by atoms with van der Waals surface area (Å²) in [4.78, 5) is 16.2. The summed E-state index contributed by atoms with van der Waals surface area (Å²) in [7, 11) is 0. The molecule has 1 amide bonds. The van der Waals surface area contributed by atoms with Crippen LogP contribution in [0.2, 0.25) is 0 Å². The molecule has 7 nitrogen and oxygen atoms in total. The van der Waals surface area contributed by atoms with Crippen molar-refractivity contribution < 1.29 is 4.79 Å². The van der Waals surface area contributed by atoms with Crippen molar-refractivity contribution in [2.75, 3.05) is 26.2 Å². The van der Waals surface area contributed by atoms with Crippen LogP contribution in [0.3, 0.4) is 0 Å². The van der Waals surface area contributed by atoms with Crippen molar-refractivity contribution in [1.29, 1.82) is 0 Å². The molecule has 8 heteroatoms. The van der Waals surface area contributed by atoms with E-state index in [1.54, 1.807) is 0 Å². The van der Waals surface area contributed by atoms with Gasteiger partial charge in [-0.25, -0.2) is 0 Å². The number of tetrazole rings is 1. The lowest BCUT2D eigenvalue weighted by Crippen LogP contribution is -2.49. The summed E-state index contributed by atoms with van der Waals surface area (Å²) in [6.07, 6.45) is 0. The van der Waals surface area contributed by atoms with Crippen LogP contribution < -0.4 is 5.32 Å². The molecular formula is C16H23ClN6O. The fraction of sp³-hybridized carbons (Fsp3) is 0.500. The van der Waals surface area contributed by atoms with Gasteiger partial charge in [-0.15, -0.1) is 22.6 Å². The molecule has 1 unspecified atom stereocenters. The van der Waals surface area contributed by atoms with Crippen molar-refractivity contribution in [3.8, 4) is 11.4 Å². The van der Waals surface area contributed by atoms with Crippen molar-refractivity contribution in [2.45, 2.75) is 19.9 Å². The molecule has 3 rings (SSSR count). The van der Waals surface area contributed by atoms with Gasteiger partial charge in [0.1, 0.15) is 0 Å². The van der Waals surface area contributed by atoms with Crippen LogP contribution in [-0.4, -0.2) is 57.2 Å². The van der Waals surface area contributed by atoms with Crippen LogP contribution in [0, 0.1) is 5.92 Å². The van der Waals surface area contributed by atoms with Crippen LogP contribution in [0.15, 0.2) is 30.3 Å². The largest absolute Gasteiger partial charge is 0.338 e. The fourth-order valence-corrected chi connectivity index (χ4v) is 2.77. The number of halogens is 1. The van der Waals surface area contributed by atoms with Crippen LogP contribution in [0.25, 0.3) is 11.4 Å². The zero-order chi connectivity index (χ0) is 16.2. The number of benzene rings is 1. The molecule has 1 aliphatic rings. The van der Waals surface area contributed by atoms with Crippen LogP contribution in [0.4, 0.5) is 0 Å². The molecule has 1 aromatic heterocycles. The quantitative estimate of drug-likeness (QED) is 0.901. The number of hydrogen-bond donors (Lipinski definition) is 1. The second-order valence-corrected chi connectivity index (χ2v) is 6.06. The van der Waals surface area contributed by atoms with Crippen molar-refractivity contribution in [1.82, 2.24) is 30.4 Å². The first kappa shape index (κ1) is 18.4. The molecule has 1 fully saturated rings. The van der Waals surface area contributed by atoms with Gasteiger partial charge in [0.2, 0.25) is 11.7 Å². The molecule has 2 aromatic rings. The molecule has 0 bridgehead atoms. The van der Waals surface area contributed by atoms with Gasteiger partial charge < -0.3 is 10.2 Å². The first-order valence-electron chi connectivity index (χ1n) is 8.01. The number of carbonyl (C=O) groups excluding carboxylic acids is 1. The zero-order valence-electron chi connectivity index (χ0n) is 13.9. The van der Waals surface area contributed by atoms with E-state index < -0.39 is 6.04 Å². The van der Waals surface area contributed by atoms with Gasteiger partial charge in [-0.1, -0.05) is 44.2 Å². The van der Waals surface area contributed by atoms with Gasteiger partial charge in [0.15, 0.2) is 6.04 Å². The van der Waals surface area contributed by atoms with Crippen molar-refractivity contribution in [3.63, 3.8) is 0 Å². The van der Waals surface area contributed by atoms with Gasteiger partial charge in [-0.3, -0.25) is 4.79 Å².